The van der Waals surface area contributed by atoms with Gasteiger partial charge in [0.25, 0.3) is 0 Å². The lowest BCUT2D eigenvalue weighted by molar-refractivity contribution is -0.00531. The van der Waals surface area contributed by atoms with Gasteiger partial charge >= 0.3 is 0 Å². The van der Waals surface area contributed by atoms with Crippen LogP contribution in [-0.2, 0) is 5.41 Å². The number of nitrogens with zero attached hydrogens (tertiary/aromatic N) is 1. The molecule has 1 heterocycles. The topological polar surface area (TPSA) is 33.1 Å². The summed E-state index contributed by atoms with van der Waals surface area (Å²) in [4.78, 5) is 5.97. The van der Waals surface area contributed by atoms with E-state index in [2.05, 4.69) is 6.92 Å². The minimum atomic E-state index is -0.361. The van der Waals surface area contributed by atoms with Gasteiger partial charge in [-0.1, -0.05) is 0 Å². The molecule has 0 aliphatic heterocycles. The van der Waals surface area contributed by atoms with E-state index in [-0.39, 0.29) is 6.10 Å². The Kier molecular flexibility index (Phi) is 2.63. The van der Waals surface area contributed by atoms with Crippen LogP contribution in [0.15, 0.2) is 0 Å². The Labute approximate surface area is 119 Å². The van der Waals surface area contributed by atoms with E-state index in [1.807, 2.05) is 6.92 Å². The standard InChI is InChI=1S/C16H23NOS/c1-9-14(10(2)18)19-15(17-9)16-6-11-3-12(7-16)5-13(4-11)8-16/h10-13,18H,3-8H2,1-2H3. The highest BCUT2D eigenvalue weighted by atomic mass is 32.1. The number of aliphatic hydroxyl groups is 1. The van der Waals surface area contributed by atoms with Crippen molar-refractivity contribution in [3.63, 3.8) is 0 Å². The average molecular weight is 277 g/mol. The fourth-order valence-electron chi connectivity index (χ4n) is 5.40. The molecule has 1 aromatic heterocycles. The maximum atomic E-state index is 9.87. The molecule has 5 rings (SSSR count). The Morgan fingerprint density at radius 3 is 2.11 bits per heavy atom. The maximum Gasteiger partial charge on any atom is 0.0994 e. The summed E-state index contributed by atoms with van der Waals surface area (Å²) in [6.07, 6.45) is 8.17. The van der Waals surface area contributed by atoms with Gasteiger partial charge in [0, 0.05) is 5.41 Å². The molecule has 1 atom stereocenters. The van der Waals surface area contributed by atoms with Gasteiger partial charge in [-0.2, -0.15) is 0 Å². The largest absolute Gasteiger partial charge is 0.388 e. The zero-order valence-corrected chi connectivity index (χ0v) is 12.7. The molecular formula is C16H23NOS. The number of thiazole rings is 1. The van der Waals surface area contributed by atoms with Crippen molar-refractivity contribution in [2.45, 2.75) is 63.9 Å². The van der Waals surface area contributed by atoms with Crippen LogP contribution in [0.4, 0.5) is 0 Å². The van der Waals surface area contributed by atoms with Crippen LogP contribution in [-0.4, -0.2) is 10.1 Å². The third kappa shape index (κ3) is 1.81. The minimum absolute atomic E-state index is 0.361. The summed E-state index contributed by atoms with van der Waals surface area (Å²) in [7, 11) is 0. The maximum absolute atomic E-state index is 9.87. The molecule has 2 nitrogen and oxygen atoms in total. The van der Waals surface area contributed by atoms with E-state index in [0.29, 0.717) is 5.41 Å². The van der Waals surface area contributed by atoms with Gasteiger partial charge in [0.15, 0.2) is 0 Å². The summed E-state index contributed by atoms with van der Waals surface area (Å²) in [5.74, 6) is 2.89. The summed E-state index contributed by atoms with van der Waals surface area (Å²) >= 11 is 1.79. The van der Waals surface area contributed by atoms with Crippen molar-refractivity contribution in [3.05, 3.63) is 15.6 Å². The van der Waals surface area contributed by atoms with Crippen molar-refractivity contribution in [1.82, 2.24) is 4.98 Å². The zero-order valence-electron chi connectivity index (χ0n) is 11.9. The molecule has 104 valence electrons. The Balaban J connectivity index is 1.73. The van der Waals surface area contributed by atoms with Crippen molar-refractivity contribution in [3.8, 4) is 0 Å². The number of aliphatic hydroxyl groups excluding tert-OH is 1. The lowest BCUT2D eigenvalue weighted by atomic mass is 9.50. The number of aryl methyl sites for hydroxylation is 1. The molecule has 4 bridgehead atoms. The minimum Gasteiger partial charge on any atom is -0.388 e. The molecule has 19 heavy (non-hydrogen) atoms. The summed E-state index contributed by atoms with van der Waals surface area (Å²) < 4.78 is 0. The van der Waals surface area contributed by atoms with Gasteiger partial charge in [-0.3, -0.25) is 0 Å². The van der Waals surface area contributed by atoms with Gasteiger partial charge in [0.2, 0.25) is 0 Å². The summed E-state index contributed by atoms with van der Waals surface area (Å²) in [6, 6.07) is 0. The predicted molar refractivity (Wildman–Crippen MR) is 77.3 cm³/mol. The van der Waals surface area contributed by atoms with E-state index in [9.17, 15) is 5.11 Å². The lowest BCUT2D eigenvalue weighted by Crippen LogP contribution is -2.48. The smallest absolute Gasteiger partial charge is 0.0994 e. The molecule has 0 radical (unpaired) electrons. The second-order valence-electron chi connectivity index (χ2n) is 7.34. The van der Waals surface area contributed by atoms with Crippen molar-refractivity contribution in [2.24, 2.45) is 17.8 Å². The molecule has 4 aliphatic rings. The molecule has 4 saturated carbocycles. The highest BCUT2D eigenvalue weighted by Crippen LogP contribution is 2.61. The lowest BCUT2D eigenvalue weighted by Gasteiger charge is -2.56. The quantitative estimate of drug-likeness (QED) is 0.887. The number of hydrogen-bond donors (Lipinski definition) is 1. The summed E-state index contributed by atoms with van der Waals surface area (Å²) in [5.41, 5.74) is 1.45. The zero-order chi connectivity index (χ0) is 13.2. The fraction of sp³-hybridized carbons (Fsp3) is 0.812. The first-order chi connectivity index (χ1) is 9.06. The number of rotatable bonds is 2. The highest BCUT2D eigenvalue weighted by molar-refractivity contribution is 7.12. The van der Waals surface area contributed by atoms with Crippen molar-refractivity contribution < 1.29 is 5.11 Å². The van der Waals surface area contributed by atoms with E-state index >= 15 is 0 Å². The second-order valence-corrected chi connectivity index (χ2v) is 8.37. The van der Waals surface area contributed by atoms with E-state index in [4.69, 9.17) is 4.98 Å². The molecule has 0 spiro atoms. The Hall–Kier alpha value is -0.410. The van der Waals surface area contributed by atoms with Gasteiger partial charge in [0.05, 0.1) is 21.7 Å². The normalized spacial score (nSPS) is 41.7. The van der Waals surface area contributed by atoms with Crippen LogP contribution >= 0.6 is 11.3 Å². The molecule has 0 aromatic carbocycles. The molecule has 0 saturated heterocycles. The van der Waals surface area contributed by atoms with Crippen LogP contribution in [0.2, 0.25) is 0 Å². The Bertz CT molecular complexity index is 470. The van der Waals surface area contributed by atoms with Crippen molar-refractivity contribution >= 4 is 11.3 Å². The van der Waals surface area contributed by atoms with Gasteiger partial charge in [-0.25, -0.2) is 4.98 Å². The SMILES string of the molecule is Cc1nc(C23CC4CC(CC(C4)C2)C3)sc1C(C)O. The molecule has 0 amide bonds. The molecule has 1 N–H and O–H groups in total. The number of hydrogen-bond acceptors (Lipinski definition) is 3. The van der Waals surface area contributed by atoms with Crippen LogP contribution in [0.3, 0.4) is 0 Å². The van der Waals surface area contributed by atoms with E-state index in [1.165, 1.54) is 43.5 Å². The third-order valence-electron chi connectivity index (χ3n) is 5.70. The van der Waals surface area contributed by atoms with Gasteiger partial charge < -0.3 is 5.11 Å². The van der Waals surface area contributed by atoms with E-state index < -0.39 is 0 Å². The summed E-state index contributed by atoms with van der Waals surface area (Å²) in [6.45, 7) is 3.92. The molecule has 1 unspecified atom stereocenters. The highest BCUT2D eigenvalue weighted by Gasteiger charge is 2.53. The molecule has 4 aliphatic carbocycles. The Morgan fingerprint density at radius 2 is 1.68 bits per heavy atom. The van der Waals surface area contributed by atoms with Gasteiger partial charge in [-0.05, 0) is 70.1 Å². The predicted octanol–water partition coefficient (Wildman–Crippen LogP) is 3.97. The van der Waals surface area contributed by atoms with E-state index in [0.717, 1.165) is 28.3 Å². The second kappa shape index (κ2) is 4.05. The van der Waals surface area contributed by atoms with Crippen LogP contribution in [0, 0.1) is 24.7 Å². The van der Waals surface area contributed by atoms with Crippen molar-refractivity contribution in [1.29, 1.82) is 0 Å². The van der Waals surface area contributed by atoms with Crippen LogP contribution in [0.25, 0.3) is 0 Å². The monoisotopic (exact) mass is 277 g/mol. The first kappa shape index (κ1) is 12.3. The third-order valence-corrected chi connectivity index (χ3v) is 7.28. The van der Waals surface area contributed by atoms with Gasteiger partial charge in [-0.15, -0.1) is 11.3 Å². The first-order valence-electron chi connectivity index (χ1n) is 7.71. The molecular weight excluding hydrogens is 254 g/mol. The molecule has 3 heteroatoms. The van der Waals surface area contributed by atoms with Crippen LogP contribution in [0.5, 0.6) is 0 Å². The summed E-state index contributed by atoms with van der Waals surface area (Å²) in [5, 5.41) is 11.2. The molecule has 1 aromatic rings. The fourth-order valence-corrected chi connectivity index (χ4v) is 6.62. The van der Waals surface area contributed by atoms with E-state index in [1.54, 1.807) is 11.3 Å². The molecule has 4 fully saturated rings. The first-order valence-corrected chi connectivity index (χ1v) is 8.53. The van der Waals surface area contributed by atoms with Crippen LogP contribution in [0.1, 0.15) is 67.1 Å². The Morgan fingerprint density at radius 1 is 1.16 bits per heavy atom. The van der Waals surface area contributed by atoms with Crippen molar-refractivity contribution in [2.75, 3.05) is 0 Å². The average Bonchev–Trinajstić information content (AvgIpc) is 2.70. The van der Waals surface area contributed by atoms with Gasteiger partial charge in [0.1, 0.15) is 0 Å². The number of aromatic nitrogens is 1. The van der Waals surface area contributed by atoms with Crippen LogP contribution < -0.4 is 0 Å².